The van der Waals surface area contributed by atoms with Gasteiger partial charge < -0.3 is 15.4 Å². The second kappa shape index (κ2) is 5.95. The van der Waals surface area contributed by atoms with Crippen LogP contribution < -0.4 is 10.6 Å². The van der Waals surface area contributed by atoms with Gasteiger partial charge in [0.25, 0.3) is 0 Å². The van der Waals surface area contributed by atoms with E-state index in [1.807, 2.05) is 11.8 Å². The summed E-state index contributed by atoms with van der Waals surface area (Å²) in [6.45, 7) is 1.81. The van der Waals surface area contributed by atoms with Gasteiger partial charge >= 0.3 is 5.97 Å². The van der Waals surface area contributed by atoms with Crippen LogP contribution in [0.5, 0.6) is 0 Å². The summed E-state index contributed by atoms with van der Waals surface area (Å²) in [5.41, 5.74) is 6.61. The lowest BCUT2D eigenvalue weighted by Crippen LogP contribution is -2.28. The van der Waals surface area contributed by atoms with Crippen molar-refractivity contribution >= 4 is 29.2 Å². The van der Waals surface area contributed by atoms with Crippen LogP contribution in [0.15, 0.2) is 12.3 Å². The molecule has 0 aromatic carbocycles. The monoisotopic (exact) mass is 267 g/mol. The largest absolute Gasteiger partial charge is 0.465 e. The molecule has 98 valence electrons. The van der Waals surface area contributed by atoms with Crippen LogP contribution in [0.4, 0.5) is 11.5 Å². The maximum atomic E-state index is 11.8. The van der Waals surface area contributed by atoms with E-state index >= 15 is 0 Å². The summed E-state index contributed by atoms with van der Waals surface area (Å²) < 4.78 is 4.79. The first-order valence-corrected chi connectivity index (χ1v) is 7.04. The summed E-state index contributed by atoms with van der Waals surface area (Å²) in [5.74, 6) is 2.49. The molecule has 1 aromatic heterocycles. The molecular weight excluding hydrogens is 250 g/mol. The molecule has 1 aromatic rings. The topological polar surface area (TPSA) is 68.5 Å². The maximum Gasteiger partial charge on any atom is 0.341 e. The number of anilines is 2. The second-order valence-corrected chi connectivity index (χ2v) is 5.31. The first kappa shape index (κ1) is 13.0. The number of nitrogens with zero attached hydrogens (tertiary/aromatic N) is 2. The molecule has 0 radical (unpaired) electrons. The number of nitrogen functional groups attached to an aromatic ring is 1. The van der Waals surface area contributed by atoms with Crippen molar-refractivity contribution in [1.29, 1.82) is 0 Å². The van der Waals surface area contributed by atoms with Crippen LogP contribution >= 0.6 is 11.8 Å². The molecule has 1 saturated heterocycles. The van der Waals surface area contributed by atoms with E-state index in [9.17, 15) is 4.79 Å². The Morgan fingerprint density at radius 3 is 3.11 bits per heavy atom. The molecule has 1 aliphatic rings. The number of pyridine rings is 1. The van der Waals surface area contributed by atoms with Gasteiger partial charge in [0.2, 0.25) is 0 Å². The van der Waals surface area contributed by atoms with Crippen molar-refractivity contribution in [1.82, 2.24) is 4.98 Å². The number of carbonyl (C=O) groups excluding carboxylic acids is 1. The third kappa shape index (κ3) is 2.87. The smallest absolute Gasteiger partial charge is 0.341 e. The van der Waals surface area contributed by atoms with Crippen LogP contribution in [0.25, 0.3) is 0 Å². The van der Waals surface area contributed by atoms with E-state index in [1.54, 1.807) is 12.3 Å². The van der Waals surface area contributed by atoms with Crippen molar-refractivity contribution in [2.45, 2.75) is 6.42 Å². The Morgan fingerprint density at radius 1 is 1.50 bits per heavy atom. The van der Waals surface area contributed by atoms with Gasteiger partial charge in [0.05, 0.1) is 19.0 Å². The third-order valence-electron chi connectivity index (χ3n) is 2.81. The zero-order valence-electron chi connectivity index (χ0n) is 10.4. The normalized spacial score (nSPS) is 16.2. The number of aromatic nitrogens is 1. The molecule has 0 bridgehead atoms. The number of esters is 1. The van der Waals surface area contributed by atoms with E-state index < -0.39 is 0 Å². The SMILES string of the molecule is COC(=O)c1cc(N)cnc1N1CCCSCC1. The van der Waals surface area contributed by atoms with Crippen LogP contribution in [0, 0.1) is 0 Å². The minimum atomic E-state index is -0.387. The molecule has 2 rings (SSSR count). The average molecular weight is 267 g/mol. The highest BCUT2D eigenvalue weighted by atomic mass is 32.2. The molecule has 0 unspecified atom stereocenters. The van der Waals surface area contributed by atoms with E-state index in [1.165, 1.54) is 7.11 Å². The van der Waals surface area contributed by atoms with Crippen LogP contribution in [0.1, 0.15) is 16.8 Å². The highest BCUT2D eigenvalue weighted by Gasteiger charge is 2.20. The van der Waals surface area contributed by atoms with Gasteiger partial charge in [-0.3, -0.25) is 0 Å². The van der Waals surface area contributed by atoms with E-state index in [0.717, 1.165) is 31.0 Å². The second-order valence-electron chi connectivity index (χ2n) is 4.08. The zero-order chi connectivity index (χ0) is 13.0. The summed E-state index contributed by atoms with van der Waals surface area (Å²) in [7, 11) is 1.37. The predicted molar refractivity (Wildman–Crippen MR) is 74.1 cm³/mol. The Balaban J connectivity index is 2.32. The summed E-state index contributed by atoms with van der Waals surface area (Å²) >= 11 is 1.93. The number of carbonyl (C=O) groups is 1. The van der Waals surface area contributed by atoms with Gasteiger partial charge in [-0.25, -0.2) is 9.78 Å². The number of ether oxygens (including phenoxy) is 1. The molecule has 2 heterocycles. The van der Waals surface area contributed by atoms with Gasteiger partial charge in [-0.15, -0.1) is 0 Å². The lowest BCUT2D eigenvalue weighted by Gasteiger charge is -2.23. The number of thioether (sulfide) groups is 1. The molecule has 0 atom stereocenters. The average Bonchev–Trinajstić information content (AvgIpc) is 2.66. The molecule has 18 heavy (non-hydrogen) atoms. The molecule has 1 aliphatic heterocycles. The van der Waals surface area contributed by atoms with Gasteiger partial charge in [-0.2, -0.15) is 11.8 Å². The van der Waals surface area contributed by atoms with Gasteiger partial charge in [-0.05, 0) is 18.2 Å². The minimum Gasteiger partial charge on any atom is -0.465 e. The van der Waals surface area contributed by atoms with Crippen LogP contribution in [0.2, 0.25) is 0 Å². The number of hydrogen-bond donors (Lipinski definition) is 1. The standard InChI is InChI=1S/C12H17N3O2S/c1-17-12(16)10-7-9(13)8-14-11(10)15-3-2-5-18-6-4-15/h7-8H,2-6,13H2,1H3. The van der Waals surface area contributed by atoms with E-state index in [4.69, 9.17) is 10.5 Å². The quantitative estimate of drug-likeness (QED) is 0.817. The molecule has 0 amide bonds. The Hall–Kier alpha value is -1.43. The van der Waals surface area contributed by atoms with Gasteiger partial charge in [-0.1, -0.05) is 0 Å². The lowest BCUT2D eigenvalue weighted by molar-refractivity contribution is 0.0601. The van der Waals surface area contributed by atoms with Gasteiger partial charge in [0.1, 0.15) is 11.4 Å². The Morgan fingerprint density at radius 2 is 2.33 bits per heavy atom. The van der Waals surface area contributed by atoms with Crippen molar-refractivity contribution in [3.63, 3.8) is 0 Å². The highest BCUT2D eigenvalue weighted by Crippen LogP contribution is 2.23. The van der Waals surface area contributed by atoms with Gasteiger partial charge in [0, 0.05) is 18.8 Å². The first-order chi connectivity index (χ1) is 8.72. The first-order valence-electron chi connectivity index (χ1n) is 5.89. The number of hydrogen-bond acceptors (Lipinski definition) is 6. The van der Waals surface area contributed by atoms with Crippen LogP contribution in [-0.4, -0.2) is 42.7 Å². The van der Waals surface area contributed by atoms with Crippen molar-refractivity contribution < 1.29 is 9.53 Å². The molecule has 2 N–H and O–H groups in total. The number of rotatable bonds is 2. The summed E-state index contributed by atoms with van der Waals surface area (Å²) in [5, 5.41) is 0. The fraction of sp³-hybridized carbons (Fsp3) is 0.500. The molecule has 6 heteroatoms. The summed E-state index contributed by atoms with van der Waals surface area (Å²) in [6.07, 6.45) is 2.68. The number of methoxy groups -OCH3 is 1. The van der Waals surface area contributed by atoms with E-state index in [-0.39, 0.29) is 5.97 Å². The zero-order valence-corrected chi connectivity index (χ0v) is 11.2. The van der Waals surface area contributed by atoms with E-state index in [2.05, 4.69) is 9.88 Å². The van der Waals surface area contributed by atoms with E-state index in [0.29, 0.717) is 17.1 Å². The van der Waals surface area contributed by atoms with Crippen molar-refractivity contribution in [2.75, 3.05) is 42.3 Å². The lowest BCUT2D eigenvalue weighted by atomic mass is 10.2. The molecule has 0 saturated carbocycles. The highest BCUT2D eigenvalue weighted by molar-refractivity contribution is 7.99. The van der Waals surface area contributed by atoms with Crippen molar-refractivity contribution in [3.05, 3.63) is 17.8 Å². The molecule has 5 nitrogen and oxygen atoms in total. The van der Waals surface area contributed by atoms with Crippen LogP contribution in [0.3, 0.4) is 0 Å². The van der Waals surface area contributed by atoms with Crippen molar-refractivity contribution in [3.8, 4) is 0 Å². The van der Waals surface area contributed by atoms with Crippen LogP contribution in [-0.2, 0) is 4.74 Å². The summed E-state index contributed by atoms with van der Waals surface area (Å²) in [4.78, 5) is 18.2. The molecule has 0 aliphatic carbocycles. The van der Waals surface area contributed by atoms with Crippen molar-refractivity contribution in [2.24, 2.45) is 0 Å². The maximum absolute atomic E-state index is 11.8. The minimum absolute atomic E-state index is 0.387. The molecule has 1 fully saturated rings. The van der Waals surface area contributed by atoms with Gasteiger partial charge in [0.15, 0.2) is 0 Å². The fourth-order valence-corrected chi connectivity index (χ4v) is 2.83. The third-order valence-corrected chi connectivity index (χ3v) is 3.86. The number of nitrogens with two attached hydrogens (primary N) is 1. The Kier molecular flexibility index (Phi) is 4.30. The molecule has 0 spiro atoms. The Bertz CT molecular complexity index is 431. The summed E-state index contributed by atoms with van der Waals surface area (Å²) in [6, 6.07) is 1.63. The fourth-order valence-electron chi connectivity index (χ4n) is 1.94. The Labute approximate surface area is 111 Å². The molecular formula is C12H17N3O2S. The predicted octanol–water partition coefficient (Wildman–Crippen LogP) is 1.39.